The molecule has 0 saturated carbocycles. The first kappa shape index (κ1) is 39.3. The van der Waals surface area contributed by atoms with Crippen molar-refractivity contribution in [3.8, 4) is 0 Å². The van der Waals surface area contributed by atoms with E-state index < -0.39 is 47.4 Å². The summed E-state index contributed by atoms with van der Waals surface area (Å²) in [5.74, 6) is -5.93. The number of urea groups is 1. The molecule has 17 nitrogen and oxygen atoms in total. The molecular formula is C40H42F2N10O7. The number of hydrogen-bond donors (Lipinski definition) is 4. The van der Waals surface area contributed by atoms with Crippen LogP contribution in [0.1, 0.15) is 80.8 Å². The van der Waals surface area contributed by atoms with Crippen LogP contribution in [0.2, 0.25) is 0 Å². The molecule has 2 atom stereocenters. The van der Waals surface area contributed by atoms with Crippen LogP contribution in [-0.2, 0) is 27.2 Å². The van der Waals surface area contributed by atoms with E-state index in [0.29, 0.717) is 30.2 Å². The number of carbonyl (C=O) groups is 6. The lowest BCUT2D eigenvalue weighted by atomic mass is 9.73. The number of hydrogen-bond acceptors (Lipinski definition) is 10. The van der Waals surface area contributed by atoms with Gasteiger partial charge >= 0.3 is 6.03 Å². The van der Waals surface area contributed by atoms with Gasteiger partial charge in [0.25, 0.3) is 29.6 Å². The standard InChI is InChI=1S/C40H42F2N10O7/c1-39(2)15-28-26(14-40(39,41)42)32(48-47-28)34(54)46-24-16-45-51(19-24)33(22-8-5-4-6-9-22)23-17-50(18-23)38(58)44-21-59-20-43-27-11-7-10-25-31(27)37(57)52(35(25)55)29-12-13-30(53)49(3)36(29)56/h4-11,16,19,23,29,33,43H,12-15,17-18,20-21H2,1-3H3,(H,44,58)(H,46,54)(H,47,48). The fourth-order valence-corrected chi connectivity index (χ4v) is 8.15. The molecule has 4 aliphatic rings. The number of halogens is 2. The molecule has 4 aromatic rings. The SMILES string of the molecule is CN1C(=O)CCC(N2C(=O)c3cccc(NCOCNC(=O)N4CC(C(c5ccccc5)n5cc(NC(=O)c6n[nH]c7c6CC(F)(F)C(C)(C)C7)cn5)C4)c3C2=O)C1=O. The minimum Gasteiger partial charge on any atom is -0.362 e. The lowest BCUT2D eigenvalue weighted by Gasteiger charge is -2.43. The summed E-state index contributed by atoms with van der Waals surface area (Å²) < 4.78 is 37.1. The van der Waals surface area contributed by atoms with E-state index in [2.05, 4.69) is 31.2 Å². The fraction of sp³-hybridized carbons (Fsp3) is 0.400. The molecule has 2 unspecified atom stereocenters. The van der Waals surface area contributed by atoms with E-state index in [0.717, 1.165) is 15.4 Å². The third-order valence-corrected chi connectivity index (χ3v) is 11.7. The van der Waals surface area contributed by atoms with E-state index in [4.69, 9.17) is 4.74 Å². The molecule has 8 rings (SSSR count). The summed E-state index contributed by atoms with van der Waals surface area (Å²) in [6, 6.07) is 12.5. The molecule has 2 aromatic carbocycles. The highest BCUT2D eigenvalue weighted by Gasteiger charge is 2.52. The maximum atomic E-state index is 14.9. The third-order valence-electron chi connectivity index (χ3n) is 11.7. The van der Waals surface area contributed by atoms with Gasteiger partial charge in [-0.1, -0.05) is 50.2 Å². The Kier molecular flexibility index (Phi) is 10.0. The Balaban J connectivity index is 0.843. The zero-order valence-corrected chi connectivity index (χ0v) is 32.5. The number of piperidine rings is 1. The van der Waals surface area contributed by atoms with Crippen LogP contribution in [0.5, 0.6) is 0 Å². The zero-order chi connectivity index (χ0) is 41.8. The van der Waals surface area contributed by atoms with Crippen LogP contribution in [0.25, 0.3) is 0 Å². The number of anilines is 2. The number of aromatic amines is 1. The Labute approximate surface area is 336 Å². The number of imide groups is 2. The number of likely N-dealkylation sites (N-methyl/N-ethyl adjacent to an activating group) is 1. The van der Waals surface area contributed by atoms with Gasteiger partial charge < -0.3 is 25.6 Å². The first-order valence-corrected chi connectivity index (χ1v) is 19.2. The molecular weight excluding hydrogens is 770 g/mol. The average molecular weight is 813 g/mol. The summed E-state index contributed by atoms with van der Waals surface area (Å²) in [5, 5.41) is 19.8. The molecule has 0 spiro atoms. The molecule has 3 aliphatic heterocycles. The summed E-state index contributed by atoms with van der Waals surface area (Å²) in [5.41, 5.74) is 1.21. The van der Waals surface area contributed by atoms with Crippen molar-refractivity contribution in [3.63, 3.8) is 0 Å². The van der Waals surface area contributed by atoms with Crippen molar-refractivity contribution in [2.24, 2.45) is 11.3 Å². The highest BCUT2D eigenvalue weighted by molar-refractivity contribution is 6.25. The number of fused-ring (bicyclic) bond motifs is 2. The van der Waals surface area contributed by atoms with E-state index in [9.17, 15) is 37.5 Å². The molecule has 0 bridgehead atoms. The van der Waals surface area contributed by atoms with Crippen molar-refractivity contribution in [2.75, 3.05) is 44.2 Å². The molecule has 2 aromatic heterocycles. The quantitative estimate of drug-likeness (QED) is 0.0984. The Hall–Kier alpha value is -6.50. The van der Waals surface area contributed by atoms with Gasteiger partial charge in [0.05, 0.1) is 29.1 Å². The molecule has 7 amide bonds. The van der Waals surface area contributed by atoms with Crippen LogP contribution in [0.15, 0.2) is 60.9 Å². The number of carbonyl (C=O) groups excluding carboxylic acids is 6. The number of H-pyrrole nitrogens is 1. The second-order valence-corrected chi connectivity index (χ2v) is 15.9. The van der Waals surface area contributed by atoms with Crippen LogP contribution < -0.4 is 16.0 Å². The summed E-state index contributed by atoms with van der Waals surface area (Å²) in [4.78, 5) is 81.2. The fourth-order valence-electron chi connectivity index (χ4n) is 8.15. The smallest absolute Gasteiger partial charge is 0.319 e. The first-order chi connectivity index (χ1) is 28.1. The Morgan fingerprint density at radius 2 is 1.76 bits per heavy atom. The molecule has 4 N–H and O–H groups in total. The van der Waals surface area contributed by atoms with E-state index in [-0.39, 0.29) is 79.0 Å². The summed E-state index contributed by atoms with van der Waals surface area (Å²) in [6.45, 7) is 3.46. The Morgan fingerprint density at radius 3 is 2.53 bits per heavy atom. The van der Waals surface area contributed by atoms with Crippen molar-refractivity contribution < 1.29 is 42.3 Å². The number of aromatic nitrogens is 4. The monoisotopic (exact) mass is 812 g/mol. The predicted molar refractivity (Wildman–Crippen MR) is 205 cm³/mol. The highest BCUT2D eigenvalue weighted by atomic mass is 19.3. The van der Waals surface area contributed by atoms with E-state index >= 15 is 0 Å². The van der Waals surface area contributed by atoms with Gasteiger partial charge in [-0.2, -0.15) is 10.2 Å². The molecule has 308 valence electrons. The minimum atomic E-state index is -3.01. The molecule has 1 aliphatic carbocycles. The lowest BCUT2D eigenvalue weighted by Crippen LogP contribution is -2.56. The normalized spacial score (nSPS) is 20.2. The Bertz CT molecular complexity index is 2360. The van der Waals surface area contributed by atoms with E-state index in [1.807, 2.05) is 30.3 Å². The van der Waals surface area contributed by atoms with Crippen LogP contribution in [-0.4, -0.2) is 116 Å². The number of ether oxygens (including phenoxy) is 1. The second kappa shape index (κ2) is 15.0. The molecule has 0 radical (unpaired) electrons. The van der Waals surface area contributed by atoms with Crippen molar-refractivity contribution >= 4 is 46.9 Å². The maximum Gasteiger partial charge on any atom is 0.319 e. The van der Waals surface area contributed by atoms with Crippen molar-refractivity contribution in [1.82, 2.24) is 40.0 Å². The number of amides is 7. The first-order valence-electron chi connectivity index (χ1n) is 19.2. The van der Waals surface area contributed by atoms with Gasteiger partial charge in [-0.3, -0.25) is 43.6 Å². The molecule has 2 fully saturated rings. The third kappa shape index (κ3) is 7.08. The molecule has 19 heteroatoms. The van der Waals surface area contributed by atoms with Crippen molar-refractivity contribution in [1.29, 1.82) is 0 Å². The summed E-state index contributed by atoms with van der Waals surface area (Å²) >= 11 is 0. The average Bonchev–Trinajstić information content (AvgIpc) is 3.88. The molecule has 59 heavy (non-hydrogen) atoms. The lowest BCUT2D eigenvalue weighted by molar-refractivity contribution is -0.149. The van der Waals surface area contributed by atoms with Gasteiger partial charge in [-0.25, -0.2) is 13.6 Å². The topological polar surface area (TPSA) is 204 Å². The van der Waals surface area contributed by atoms with Crippen molar-refractivity contribution in [2.45, 2.75) is 57.5 Å². The van der Waals surface area contributed by atoms with Gasteiger partial charge in [0.2, 0.25) is 5.91 Å². The van der Waals surface area contributed by atoms with Gasteiger partial charge in [0.15, 0.2) is 5.69 Å². The largest absolute Gasteiger partial charge is 0.362 e. The highest BCUT2D eigenvalue weighted by Crippen LogP contribution is 2.46. The summed E-state index contributed by atoms with van der Waals surface area (Å²) in [7, 11) is 1.33. The van der Waals surface area contributed by atoms with Gasteiger partial charge in [0.1, 0.15) is 19.5 Å². The number of likely N-dealkylation sites (tertiary alicyclic amines) is 2. The van der Waals surface area contributed by atoms with E-state index in [1.54, 1.807) is 27.9 Å². The number of alkyl halides is 2. The number of rotatable bonds is 11. The zero-order valence-electron chi connectivity index (χ0n) is 32.5. The van der Waals surface area contributed by atoms with Crippen LogP contribution in [0.4, 0.5) is 25.0 Å². The molecule has 2 saturated heterocycles. The van der Waals surface area contributed by atoms with Gasteiger partial charge in [0, 0.05) is 73.9 Å². The van der Waals surface area contributed by atoms with E-state index in [1.165, 1.54) is 33.2 Å². The summed E-state index contributed by atoms with van der Waals surface area (Å²) in [6.07, 6.45) is 2.70. The van der Waals surface area contributed by atoms with Crippen molar-refractivity contribution in [3.05, 3.63) is 94.6 Å². The minimum absolute atomic E-state index is 0.0348. The number of benzene rings is 2. The van der Waals surface area contributed by atoms with Crippen LogP contribution in [0.3, 0.4) is 0 Å². The van der Waals surface area contributed by atoms with Gasteiger partial charge in [-0.05, 0) is 24.1 Å². The van der Waals surface area contributed by atoms with Gasteiger partial charge in [-0.15, -0.1) is 0 Å². The van der Waals surface area contributed by atoms with Crippen LogP contribution >= 0.6 is 0 Å². The number of nitrogens with one attached hydrogen (secondary N) is 4. The number of nitrogens with zero attached hydrogens (tertiary/aromatic N) is 6. The second-order valence-electron chi connectivity index (χ2n) is 15.9. The van der Waals surface area contributed by atoms with Crippen LogP contribution in [0, 0.1) is 11.3 Å². The predicted octanol–water partition coefficient (Wildman–Crippen LogP) is 3.64. The molecule has 5 heterocycles. The Morgan fingerprint density at radius 1 is 1.00 bits per heavy atom. The maximum absolute atomic E-state index is 14.9.